The van der Waals surface area contributed by atoms with Gasteiger partial charge >= 0.3 is 6.09 Å². The predicted octanol–water partition coefficient (Wildman–Crippen LogP) is 5.55. The molecule has 0 aliphatic carbocycles. The number of alkyl halides is 1. The highest BCUT2D eigenvalue weighted by Gasteiger charge is 2.35. The van der Waals surface area contributed by atoms with Gasteiger partial charge in [0.1, 0.15) is 11.8 Å². The second kappa shape index (κ2) is 9.55. The summed E-state index contributed by atoms with van der Waals surface area (Å²) in [5.74, 6) is 3.67. The van der Waals surface area contributed by atoms with E-state index in [1.165, 1.54) is 0 Å². The zero-order valence-electron chi connectivity index (χ0n) is 16.9. The van der Waals surface area contributed by atoms with Crippen molar-refractivity contribution in [2.24, 2.45) is 0 Å². The lowest BCUT2D eigenvalue weighted by molar-refractivity contribution is 0.0993. The molecule has 7 heteroatoms. The Labute approximate surface area is 191 Å². The molecule has 1 aromatic heterocycles. The Balaban J connectivity index is 1.72. The quantitative estimate of drug-likeness (QED) is 0.300. The zero-order valence-corrected chi connectivity index (χ0v) is 18.4. The summed E-state index contributed by atoms with van der Waals surface area (Å²) < 4.78 is 11.0. The zero-order chi connectivity index (χ0) is 21.8. The number of aromatic amines is 1. The number of nitrogens with zero attached hydrogens (tertiary/aromatic N) is 1. The van der Waals surface area contributed by atoms with Crippen molar-refractivity contribution in [3.05, 3.63) is 64.3 Å². The molecule has 5 nitrogen and oxygen atoms in total. The first-order valence-corrected chi connectivity index (χ1v) is 11.0. The van der Waals surface area contributed by atoms with Gasteiger partial charge in [-0.2, -0.15) is 0 Å². The average Bonchev–Trinajstić information content (AvgIpc) is 3.15. The van der Waals surface area contributed by atoms with E-state index in [0.29, 0.717) is 30.5 Å². The van der Waals surface area contributed by atoms with Crippen LogP contribution in [0.25, 0.3) is 10.9 Å². The smallest absolute Gasteiger partial charge is 0.411 e. The van der Waals surface area contributed by atoms with Crippen LogP contribution in [0.1, 0.15) is 29.3 Å². The third kappa shape index (κ3) is 4.46. The van der Waals surface area contributed by atoms with Gasteiger partial charge in [-0.1, -0.05) is 29.7 Å². The number of ether oxygens (including phenoxy) is 2. The highest BCUT2D eigenvalue weighted by Crippen LogP contribution is 2.39. The molecule has 31 heavy (non-hydrogen) atoms. The lowest BCUT2D eigenvalue weighted by atomic mass is 9.92. The number of carbonyl (C=O) groups excluding carboxylic acids is 1. The van der Waals surface area contributed by atoms with Gasteiger partial charge in [-0.25, -0.2) is 4.79 Å². The monoisotopic (exact) mass is 456 g/mol. The van der Waals surface area contributed by atoms with Crippen LogP contribution in [-0.4, -0.2) is 41.6 Å². The topological polar surface area (TPSA) is 54.6 Å². The van der Waals surface area contributed by atoms with Gasteiger partial charge in [0.05, 0.1) is 6.61 Å². The van der Waals surface area contributed by atoms with E-state index in [4.69, 9.17) is 39.1 Å². The predicted molar refractivity (Wildman–Crippen MR) is 123 cm³/mol. The number of rotatable bonds is 6. The van der Waals surface area contributed by atoms with Crippen molar-refractivity contribution in [2.45, 2.75) is 18.9 Å². The number of hydrogen-bond donors (Lipinski definition) is 1. The van der Waals surface area contributed by atoms with E-state index in [-0.39, 0.29) is 12.6 Å². The molecular formula is C24H22Cl2N2O3. The molecule has 160 valence electrons. The van der Waals surface area contributed by atoms with Crippen LogP contribution in [-0.2, 0) is 11.2 Å². The van der Waals surface area contributed by atoms with E-state index < -0.39 is 6.09 Å². The Morgan fingerprint density at radius 2 is 2.06 bits per heavy atom. The van der Waals surface area contributed by atoms with Crippen LogP contribution >= 0.6 is 23.2 Å². The molecule has 4 rings (SSSR count). The number of nitrogens with one attached hydrogen (secondary N) is 1. The van der Waals surface area contributed by atoms with Gasteiger partial charge in [-0.15, -0.1) is 18.0 Å². The first-order chi connectivity index (χ1) is 15.1. The molecule has 1 N–H and O–H groups in total. The fraction of sp³-hybridized carbons (Fsp3) is 0.292. The highest BCUT2D eigenvalue weighted by molar-refractivity contribution is 6.31. The van der Waals surface area contributed by atoms with Crippen LogP contribution < -0.4 is 4.74 Å². The second-order valence-electron chi connectivity index (χ2n) is 7.27. The number of halogens is 2. The summed E-state index contributed by atoms with van der Waals surface area (Å²) in [6.45, 7) is 1.00. The standard InChI is InChI=1S/C24H22Cl2N2O3/c1-2-13-31-24(29)28-12-10-19-20-15-17(26)6-9-21(20)27-22(19)23(28)16-4-7-18(8-5-16)30-14-3-11-25/h1,4-9,15,23,27H,3,10-14H2. The normalized spacial score (nSPS) is 15.4. The number of carbonyl (C=O) groups is 1. The van der Waals surface area contributed by atoms with Crippen molar-refractivity contribution < 1.29 is 14.3 Å². The van der Waals surface area contributed by atoms with E-state index in [2.05, 4.69) is 10.9 Å². The number of terminal acetylenes is 1. The minimum atomic E-state index is -0.437. The van der Waals surface area contributed by atoms with Gasteiger partial charge < -0.3 is 14.5 Å². The fourth-order valence-electron chi connectivity index (χ4n) is 3.98. The van der Waals surface area contributed by atoms with Gasteiger partial charge in [-0.3, -0.25) is 4.90 Å². The maximum Gasteiger partial charge on any atom is 0.411 e. The van der Waals surface area contributed by atoms with Gasteiger partial charge in [0.15, 0.2) is 6.61 Å². The summed E-state index contributed by atoms with van der Waals surface area (Å²) in [4.78, 5) is 18.0. The van der Waals surface area contributed by atoms with Crippen molar-refractivity contribution in [1.29, 1.82) is 0 Å². The Kier molecular flexibility index (Phi) is 6.60. The number of fused-ring (bicyclic) bond motifs is 3. The number of H-pyrrole nitrogens is 1. The summed E-state index contributed by atoms with van der Waals surface area (Å²) in [5.41, 5.74) is 4.04. The average molecular weight is 457 g/mol. The van der Waals surface area contributed by atoms with Crippen LogP contribution in [0.4, 0.5) is 4.79 Å². The first kappa shape index (κ1) is 21.4. The van der Waals surface area contributed by atoms with Crippen molar-refractivity contribution in [3.63, 3.8) is 0 Å². The van der Waals surface area contributed by atoms with Crippen LogP contribution in [0.15, 0.2) is 42.5 Å². The summed E-state index contributed by atoms with van der Waals surface area (Å²) >= 11 is 12.0. The lowest BCUT2D eigenvalue weighted by Crippen LogP contribution is -2.41. The van der Waals surface area contributed by atoms with Crippen LogP contribution in [0.5, 0.6) is 5.75 Å². The lowest BCUT2D eigenvalue weighted by Gasteiger charge is -2.35. The van der Waals surface area contributed by atoms with E-state index in [1.54, 1.807) is 4.90 Å². The second-order valence-corrected chi connectivity index (χ2v) is 8.09. The molecule has 2 heterocycles. The highest BCUT2D eigenvalue weighted by atomic mass is 35.5. The molecule has 0 saturated heterocycles. The third-order valence-electron chi connectivity index (χ3n) is 5.35. The minimum Gasteiger partial charge on any atom is -0.494 e. The molecule has 1 aliphatic rings. The summed E-state index contributed by atoms with van der Waals surface area (Å²) in [6, 6.07) is 13.2. The van der Waals surface area contributed by atoms with Crippen LogP contribution in [0.3, 0.4) is 0 Å². The Hall–Kier alpha value is -2.81. The van der Waals surface area contributed by atoms with Gasteiger partial charge in [0.25, 0.3) is 0 Å². The number of benzene rings is 2. The largest absolute Gasteiger partial charge is 0.494 e. The summed E-state index contributed by atoms with van der Waals surface area (Å²) in [5, 5.41) is 1.75. The van der Waals surface area contributed by atoms with Crippen LogP contribution in [0, 0.1) is 12.3 Å². The molecule has 2 aromatic carbocycles. The third-order valence-corrected chi connectivity index (χ3v) is 5.85. The van der Waals surface area contributed by atoms with E-state index in [0.717, 1.165) is 39.9 Å². The molecule has 0 bridgehead atoms. The molecule has 3 aromatic rings. The fourth-order valence-corrected chi connectivity index (χ4v) is 4.26. The molecule has 1 unspecified atom stereocenters. The number of amides is 1. The van der Waals surface area contributed by atoms with Crippen LogP contribution in [0.2, 0.25) is 5.02 Å². The SMILES string of the molecule is C#CCOC(=O)N1CCc2c([nH]c3ccc(Cl)cc23)C1c1ccc(OCCCCl)cc1. The Morgan fingerprint density at radius 3 is 2.81 bits per heavy atom. The first-order valence-electron chi connectivity index (χ1n) is 10.1. The molecule has 0 fully saturated rings. The molecule has 0 spiro atoms. The molecule has 1 aliphatic heterocycles. The van der Waals surface area contributed by atoms with E-state index in [9.17, 15) is 4.79 Å². The van der Waals surface area contributed by atoms with E-state index in [1.807, 2.05) is 42.5 Å². The molecule has 0 saturated carbocycles. The maximum atomic E-state index is 12.8. The van der Waals surface area contributed by atoms with Crippen molar-refractivity contribution in [1.82, 2.24) is 9.88 Å². The number of aromatic nitrogens is 1. The molecular weight excluding hydrogens is 435 g/mol. The molecule has 1 atom stereocenters. The number of hydrogen-bond acceptors (Lipinski definition) is 3. The van der Waals surface area contributed by atoms with E-state index >= 15 is 0 Å². The van der Waals surface area contributed by atoms with Gasteiger partial charge in [-0.05, 0) is 54.3 Å². The Morgan fingerprint density at radius 1 is 1.26 bits per heavy atom. The summed E-state index contributed by atoms with van der Waals surface area (Å²) in [7, 11) is 0. The van der Waals surface area contributed by atoms with Crippen molar-refractivity contribution in [3.8, 4) is 18.1 Å². The molecule has 0 radical (unpaired) electrons. The Bertz CT molecular complexity index is 1120. The minimum absolute atomic E-state index is 0.0649. The molecule has 1 amide bonds. The van der Waals surface area contributed by atoms with Crippen molar-refractivity contribution in [2.75, 3.05) is 25.6 Å². The van der Waals surface area contributed by atoms with Gasteiger partial charge in [0.2, 0.25) is 0 Å². The van der Waals surface area contributed by atoms with Crippen molar-refractivity contribution >= 4 is 40.2 Å². The van der Waals surface area contributed by atoms with Gasteiger partial charge in [0, 0.05) is 34.0 Å². The maximum absolute atomic E-state index is 12.8. The summed E-state index contributed by atoms with van der Waals surface area (Å²) in [6.07, 6.45) is 6.31.